The largest absolute Gasteiger partial charge is 0.389 e. The topological polar surface area (TPSA) is 38.0 Å². The molecule has 0 radical (unpaired) electrons. The van der Waals surface area contributed by atoms with E-state index in [4.69, 9.17) is 0 Å². The third kappa shape index (κ3) is 2.80. The number of nitrogens with zero attached hydrogens (tertiary/aromatic N) is 2. The maximum Gasteiger partial charge on any atom is 0.0766 e. The highest BCUT2D eigenvalue weighted by Gasteiger charge is 2.32. The van der Waals surface area contributed by atoms with Crippen molar-refractivity contribution >= 4 is 15.9 Å². The van der Waals surface area contributed by atoms with Crippen LogP contribution in [0.3, 0.4) is 0 Å². The van der Waals surface area contributed by atoms with E-state index < -0.39 is 5.60 Å². The molecule has 1 aliphatic carbocycles. The van der Waals surface area contributed by atoms with Gasteiger partial charge in [-0.05, 0) is 42.1 Å². The second kappa shape index (κ2) is 5.74. The molecule has 0 aromatic carbocycles. The Labute approximate surface area is 118 Å². The molecule has 1 aromatic rings. The van der Waals surface area contributed by atoms with Gasteiger partial charge in [-0.1, -0.05) is 26.2 Å². The fourth-order valence-corrected chi connectivity index (χ4v) is 3.59. The van der Waals surface area contributed by atoms with Gasteiger partial charge in [0, 0.05) is 13.0 Å². The molecule has 2 rings (SSSR count). The summed E-state index contributed by atoms with van der Waals surface area (Å²) in [6.45, 7) is 5.09. The lowest BCUT2D eigenvalue weighted by molar-refractivity contribution is 0.00264. The van der Waals surface area contributed by atoms with E-state index in [-0.39, 0.29) is 0 Å². The summed E-state index contributed by atoms with van der Waals surface area (Å²) in [6.07, 6.45) is 7.07. The number of hydrogen-bond donors (Lipinski definition) is 1. The van der Waals surface area contributed by atoms with Crippen LogP contribution in [-0.4, -0.2) is 20.5 Å². The molecule has 1 heterocycles. The number of aromatic nitrogens is 2. The highest BCUT2D eigenvalue weighted by atomic mass is 79.9. The summed E-state index contributed by atoms with van der Waals surface area (Å²) in [5.41, 5.74) is 1.75. The molecule has 1 N–H and O–H groups in total. The highest BCUT2D eigenvalue weighted by Crippen LogP contribution is 2.34. The summed E-state index contributed by atoms with van der Waals surface area (Å²) >= 11 is 3.66. The van der Waals surface area contributed by atoms with Crippen molar-refractivity contribution in [1.29, 1.82) is 0 Å². The van der Waals surface area contributed by atoms with Crippen molar-refractivity contribution < 1.29 is 5.11 Å². The number of hydrogen-bond acceptors (Lipinski definition) is 2. The number of aryl methyl sites for hydroxylation is 2. The minimum absolute atomic E-state index is 0.515. The zero-order chi connectivity index (χ0) is 13.2. The van der Waals surface area contributed by atoms with E-state index in [1.54, 1.807) is 0 Å². The zero-order valence-electron chi connectivity index (χ0n) is 11.4. The molecular weight excluding hydrogens is 292 g/mol. The van der Waals surface area contributed by atoms with Crippen LogP contribution < -0.4 is 0 Å². The Morgan fingerprint density at radius 2 is 1.94 bits per heavy atom. The summed E-state index contributed by atoms with van der Waals surface area (Å²) in [6, 6.07) is 0. The lowest BCUT2D eigenvalue weighted by Gasteiger charge is -2.32. The first-order chi connectivity index (χ1) is 8.59. The van der Waals surface area contributed by atoms with Crippen molar-refractivity contribution in [3.63, 3.8) is 0 Å². The molecule has 0 spiro atoms. The lowest BCUT2D eigenvalue weighted by Crippen LogP contribution is -2.34. The third-order valence-corrected chi connectivity index (χ3v) is 4.89. The summed E-state index contributed by atoms with van der Waals surface area (Å²) in [5, 5.41) is 15.3. The average Bonchev–Trinajstić information content (AvgIpc) is 2.67. The lowest BCUT2D eigenvalue weighted by atomic mass is 9.81. The molecule has 1 aromatic heterocycles. The van der Waals surface area contributed by atoms with Gasteiger partial charge in [0.15, 0.2) is 0 Å². The molecule has 0 aliphatic heterocycles. The van der Waals surface area contributed by atoms with Gasteiger partial charge in [0.2, 0.25) is 0 Å². The van der Waals surface area contributed by atoms with Crippen LogP contribution >= 0.6 is 15.9 Å². The minimum atomic E-state index is -0.515. The van der Waals surface area contributed by atoms with Crippen LogP contribution in [0.25, 0.3) is 0 Å². The van der Waals surface area contributed by atoms with Crippen molar-refractivity contribution in [1.82, 2.24) is 9.78 Å². The molecule has 1 aliphatic rings. The predicted molar refractivity (Wildman–Crippen MR) is 76.7 cm³/mol. The van der Waals surface area contributed by atoms with Gasteiger partial charge in [-0.3, -0.25) is 4.68 Å². The third-order valence-electron chi connectivity index (χ3n) is 3.97. The van der Waals surface area contributed by atoms with Crippen molar-refractivity contribution in [3.05, 3.63) is 15.9 Å². The molecule has 0 bridgehead atoms. The Bertz CT molecular complexity index is 408. The van der Waals surface area contributed by atoms with E-state index in [2.05, 4.69) is 34.9 Å². The van der Waals surface area contributed by atoms with E-state index in [0.29, 0.717) is 0 Å². The Kier molecular flexibility index (Phi) is 4.49. The van der Waals surface area contributed by atoms with E-state index in [1.807, 2.05) is 4.68 Å². The van der Waals surface area contributed by atoms with Crippen molar-refractivity contribution in [2.45, 2.75) is 70.9 Å². The molecular formula is C14H23BrN2O. The molecule has 102 valence electrons. The Morgan fingerprint density at radius 1 is 1.28 bits per heavy atom. The molecule has 3 nitrogen and oxygen atoms in total. The van der Waals surface area contributed by atoms with Gasteiger partial charge in [-0.25, -0.2) is 0 Å². The van der Waals surface area contributed by atoms with Crippen LogP contribution in [0.2, 0.25) is 0 Å². The fourth-order valence-electron chi connectivity index (χ4n) is 2.88. The van der Waals surface area contributed by atoms with Gasteiger partial charge in [0.05, 0.1) is 21.5 Å². The van der Waals surface area contributed by atoms with Gasteiger partial charge in [0.1, 0.15) is 0 Å². The first-order valence-corrected chi connectivity index (χ1v) is 7.85. The minimum Gasteiger partial charge on any atom is -0.389 e. The van der Waals surface area contributed by atoms with Crippen LogP contribution in [0.5, 0.6) is 0 Å². The maximum atomic E-state index is 10.7. The van der Waals surface area contributed by atoms with E-state index >= 15 is 0 Å². The first-order valence-electron chi connectivity index (χ1n) is 7.06. The van der Waals surface area contributed by atoms with Crippen molar-refractivity contribution in [2.75, 3.05) is 0 Å². The number of aliphatic hydroxyl groups is 1. The summed E-state index contributed by atoms with van der Waals surface area (Å²) in [4.78, 5) is 0. The Balaban J connectivity index is 2.24. The second-order valence-electron chi connectivity index (χ2n) is 5.34. The monoisotopic (exact) mass is 314 g/mol. The normalized spacial score (nSPS) is 19.1. The zero-order valence-corrected chi connectivity index (χ0v) is 13.0. The second-order valence-corrected chi connectivity index (χ2v) is 6.13. The maximum absolute atomic E-state index is 10.7. The molecule has 1 saturated carbocycles. The van der Waals surface area contributed by atoms with Gasteiger partial charge in [-0.2, -0.15) is 5.10 Å². The van der Waals surface area contributed by atoms with Crippen LogP contribution in [-0.2, 0) is 19.4 Å². The van der Waals surface area contributed by atoms with Gasteiger partial charge < -0.3 is 5.11 Å². The van der Waals surface area contributed by atoms with Crippen LogP contribution in [0.1, 0.15) is 57.3 Å². The highest BCUT2D eigenvalue weighted by molar-refractivity contribution is 9.10. The van der Waals surface area contributed by atoms with Crippen molar-refractivity contribution in [3.8, 4) is 0 Å². The van der Waals surface area contributed by atoms with Gasteiger partial charge >= 0.3 is 0 Å². The van der Waals surface area contributed by atoms with Crippen LogP contribution in [0.4, 0.5) is 0 Å². The van der Waals surface area contributed by atoms with Crippen molar-refractivity contribution in [2.24, 2.45) is 0 Å². The molecule has 0 atom stereocenters. The summed E-state index contributed by atoms with van der Waals surface area (Å²) in [7, 11) is 0. The Hall–Kier alpha value is -0.350. The molecule has 0 saturated heterocycles. The molecule has 4 heteroatoms. The first kappa shape index (κ1) is 14.1. The van der Waals surface area contributed by atoms with E-state index in [0.717, 1.165) is 55.2 Å². The summed E-state index contributed by atoms with van der Waals surface area (Å²) in [5.74, 6) is 0. The molecule has 0 unspecified atom stereocenters. The fraction of sp³-hybridized carbons (Fsp3) is 0.786. The van der Waals surface area contributed by atoms with Gasteiger partial charge in [0.25, 0.3) is 0 Å². The standard InChI is InChI=1S/C14H23BrN2O/c1-3-11-13(15)12(17(4-2)16-11)10-14(18)8-6-5-7-9-14/h18H,3-10H2,1-2H3. The van der Waals surface area contributed by atoms with E-state index in [9.17, 15) is 5.11 Å². The smallest absolute Gasteiger partial charge is 0.0766 e. The predicted octanol–water partition coefficient (Wildman–Crippen LogP) is 3.47. The number of rotatable bonds is 4. The van der Waals surface area contributed by atoms with Gasteiger partial charge in [-0.15, -0.1) is 0 Å². The van der Waals surface area contributed by atoms with E-state index in [1.165, 1.54) is 12.1 Å². The SMILES string of the molecule is CCc1nn(CC)c(CC2(O)CCCCC2)c1Br. The molecule has 0 amide bonds. The molecule has 1 fully saturated rings. The molecule has 18 heavy (non-hydrogen) atoms. The summed E-state index contributed by atoms with van der Waals surface area (Å²) < 4.78 is 3.14. The number of halogens is 1. The average molecular weight is 315 g/mol. The Morgan fingerprint density at radius 3 is 2.50 bits per heavy atom. The quantitative estimate of drug-likeness (QED) is 0.924. The van der Waals surface area contributed by atoms with Crippen LogP contribution in [0, 0.1) is 0 Å². The van der Waals surface area contributed by atoms with Crippen LogP contribution in [0.15, 0.2) is 4.47 Å².